The van der Waals surface area contributed by atoms with E-state index in [1.807, 2.05) is 25.1 Å². The molecule has 1 aliphatic rings. The summed E-state index contributed by atoms with van der Waals surface area (Å²) in [6, 6.07) is 6.22. The maximum Gasteiger partial charge on any atom is 0.356 e. The fourth-order valence-corrected chi connectivity index (χ4v) is 3.45. The lowest BCUT2D eigenvalue weighted by Gasteiger charge is -2.32. The van der Waals surface area contributed by atoms with Crippen LogP contribution >= 0.6 is 0 Å². The number of methoxy groups -OCH3 is 1. The van der Waals surface area contributed by atoms with Crippen LogP contribution < -0.4 is 5.32 Å². The number of ether oxygens (including phenoxy) is 1. The van der Waals surface area contributed by atoms with E-state index in [1.54, 1.807) is 0 Å². The number of piperidine rings is 1. The molecule has 0 aliphatic carbocycles. The highest BCUT2D eigenvalue weighted by atomic mass is 16.5. The fourth-order valence-electron chi connectivity index (χ4n) is 3.45. The van der Waals surface area contributed by atoms with E-state index >= 15 is 0 Å². The van der Waals surface area contributed by atoms with Crippen molar-refractivity contribution in [1.82, 2.24) is 9.88 Å². The van der Waals surface area contributed by atoms with Gasteiger partial charge in [0.15, 0.2) is 0 Å². The molecule has 0 unspecified atom stereocenters. The third kappa shape index (κ3) is 3.69. The number of likely N-dealkylation sites (tertiary alicyclic amines) is 1. The summed E-state index contributed by atoms with van der Waals surface area (Å²) >= 11 is 0. The summed E-state index contributed by atoms with van der Waals surface area (Å²) in [5.74, 6) is -0.601. The van der Waals surface area contributed by atoms with Crippen LogP contribution in [0.2, 0.25) is 0 Å². The monoisotopic (exact) mass is 343 g/mol. The summed E-state index contributed by atoms with van der Waals surface area (Å²) in [4.78, 5) is 29.9. The number of aromatic amines is 1. The number of rotatable bonds is 4. The summed E-state index contributed by atoms with van der Waals surface area (Å²) in [5, 5.41) is 3.73. The average molecular weight is 343 g/mol. The maximum atomic E-state index is 12.6. The Balaban J connectivity index is 1.86. The smallest absolute Gasteiger partial charge is 0.356 e. The van der Waals surface area contributed by atoms with Crippen LogP contribution in [-0.2, 0) is 9.53 Å². The van der Waals surface area contributed by atoms with Crippen molar-refractivity contribution in [2.24, 2.45) is 0 Å². The van der Waals surface area contributed by atoms with Gasteiger partial charge in [-0.3, -0.25) is 9.69 Å². The predicted molar refractivity (Wildman–Crippen MR) is 97.9 cm³/mol. The van der Waals surface area contributed by atoms with E-state index in [0.717, 1.165) is 35.9 Å². The molecule has 3 rings (SSSR count). The van der Waals surface area contributed by atoms with Gasteiger partial charge >= 0.3 is 5.97 Å². The summed E-state index contributed by atoms with van der Waals surface area (Å²) in [7, 11) is 1.33. The van der Waals surface area contributed by atoms with Gasteiger partial charge < -0.3 is 15.0 Å². The van der Waals surface area contributed by atoms with Gasteiger partial charge in [-0.15, -0.1) is 0 Å². The molecule has 0 saturated carbocycles. The molecule has 0 bridgehead atoms. The van der Waals surface area contributed by atoms with Crippen LogP contribution in [0.4, 0.5) is 5.69 Å². The van der Waals surface area contributed by atoms with Gasteiger partial charge in [0.25, 0.3) is 0 Å². The molecule has 6 heteroatoms. The number of benzene rings is 1. The number of aromatic nitrogens is 1. The topological polar surface area (TPSA) is 74.4 Å². The van der Waals surface area contributed by atoms with Crippen LogP contribution in [0.5, 0.6) is 0 Å². The Hall–Kier alpha value is -2.34. The molecule has 1 aromatic carbocycles. The fraction of sp³-hybridized carbons (Fsp3) is 0.474. The van der Waals surface area contributed by atoms with Gasteiger partial charge in [0.05, 0.1) is 19.3 Å². The summed E-state index contributed by atoms with van der Waals surface area (Å²) < 4.78 is 4.85. The molecule has 2 aromatic rings. The molecule has 1 aliphatic heterocycles. The second kappa shape index (κ2) is 7.27. The number of nitrogens with zero attached hydrogens (tertiary/aromatic N) is 1. The van der Waals surface area contributed by atoms with Crippen LogP contribution in [0.3, 0.4) is 0 Å². The van der Waals surface area contributed by atoms with Crippen molar-refractivity contribution in [2.45, 2.75) is 39.2 Å². The lowest BCUT2D eigenvalue weighted by molar-refractivity contribution is -0.118. The van der Waals surface area contributed by atoms with E-state index in [2.05, 4.69) is 22.1 Å². The zero-order valence-electron chi connectivity index (χ0n) is 15.0. The Morgan fingerprint density at radius 2 is 2.16 bits per heavy atom. The van der Waals surface area contributed by atoms with E-state index in [0.29, 0.717) is 18.3 Å². The second-order valence-electron chi connectivity index (χ2n) is 6.78. The number of nitrogens with one attached hydrogen (secondary N) is 2. The third-order valence-corrected chi connectivity index (χ3v) is 4.90. The Morgan fingerprint density at radius 3 is 2.88 bits per heavy atom. The standard InChI is InChI=1S/C19H25N3O3/c1-12-7-8-14-15(10-12)20-18(19(24)25-3)17(14)21-16(23)11-22-9-5-4-6-13(22)2/h7-8,10,13,20H,4-6,9,11H2,1-3H3,(H,21,23)/t13-/m1/s1. The number of anilines is 1. The molecule has 1 saturated heterocycles. The van der Waals surface area contributed by atoms with Gasteiger partial charge in [0.1, 0.15) is 5.69 Å². The van der Waals surface area contributed by atoms with Crippen LogP contribution in [0.25, 0.3) is 10.9 Å². The van der Waals surface area contributed by atoms with Crippen LogP contribution in [-0.4, -0.2) is 48.0 Å². The number of fused-ring (bicyclic) bond motifs is 1. The van der Waals surface area contributed by atoms with E-state index < -0.39 is 5.97 Å². The van der Waals surface area contributed by atoms with Crippen molar-refractivity contribution >= 4 is 28.5 Å². The molecule has 134 valence electrons. The molecule has 1 aromatic heterocycles. The zero-order valence-corrected chi connectivity index (χ0v) is 15.0. The largest absolute Gasteiger partial charge is 0.464 e. The highest BCUT2D eigenvalue weighted by Gasteiger charge is 2.24. The van der Waals surface area contributed by atoms with Gasteiger partial charge in [-0.2, -0.15) is 0 Å². The zero-order chi connectivity index (χ0) is 18.0. The van der Waals surface area contributed by atoms with Crippen LogP contribution in [0.1, 0.15) is 42.2 Å². The molecule has 0 radical (unpaired) electrons. The van der Waals surface area contributed by atoms with Crippen molar-refractivity contribution in [2.75, 3.05) is 25.5 Å². The quantitative estimate of drug-likeness (QED) is 0.837. The molecule has 2 N–H and O–H groups in total. The summed E-state index contributed by atoms with van der Waals surface area (Å²) in [6.45, 7) is 5.40. The molecule has 25 heavy (non-hydrogen) atoms. The van der Waals surface area contributed by atoms with Crippen molar-refractivity contribution in [3.63, 3.8) is 0 Å². The second-order valence-corrected chi connectivity index (χ2v) is 6.78. The van der Waals surface area contributed by atoms with Gasteiger partial charge in [-0.25, -0.2) is 4.79 Å². The summed E-state index contributed by atoms with van der Waals surface area (Å²) in [5.41, 5.74) is 2.66. The normalized spacial score (nSPS) is 18.3. The number of aryl methyl sites for hydroxylation is 1. The highest BCUT2D eigenvalue weighted by Crippen LogP contribution is 2.29. The summed E-state index contributed by atoms with van der Waals surface area (Å²) in [6.07, 6.45) is 3.46. The first kappa shape index (κ1) is 17.5. The first-order valence-corrected chi connectivity index (χ1v) is 8.74. The van der Waals surface area contributed by atoms with Crippen molar-refractivity contribution in [3.8, 4) is 0 Å². The lowest BCUT2D eigenvalue weighted by Crippen LogP contribution is -2.42. The molecular formula is C19H25N3O3. The van der Waals surface area contributed by atoms with Gasteiger partial charge in [-0.05, 0) is 44.9 Å². The van der Waals surface area contributed by atoms with Gasteiger partial charge in [-0.1, -0.05) is 18.6 Å². The Kier molecular flexibility index (Phi) is 5.08. The third-order valence-electron chi connectivity index (χ3n) is 4.90. The number of amides is 1. The first-order chi connectivity index (χ1) is 12.0. The Labute approximate surface area is 147 Å². The number of H-pyrrole nitrogens is 1. The number of hydrogen-bond acceptors (Lipinski definition) is 4. The highest BCUT2D eigenvalue weighted by molar-refractivity contribution is 6.11. The molecule has 6 nitrogen and oxygen atoms in total. The molecule has 1 atom stereocenters. The average Bonchev–Trinajstić information content (AvgIpc) is 2.93. The van der Waals surface area contributed by atoms with Crippen molar-refractivity contribution < 1.29 is 14.3 Å². The Morgan fingerprint density at radius 1 is 1.36 bits per heavy atom. The molecule has 2 heterocycles. The van der Waals surface area contributed by atoms with E-state index in [4.69, 9.17) is 4.74 Å². The van der Waals surface area contributed by atoms with Crippen LogP contribution in [0, 0.1) is 6.92 Å². The maximum absolute atomic E-state index is 12.6. The van der Waals surface area contributed by atoms with E-state index in [-0.39, 0.29) is 11.6 Å². The van der Waals surface area contributed by atoms with E-state index in [9.17, 15) is 9.59 Å². The lowest BCUT2D eigenvalue weighted by atomic mass is 10.0. The minimum Gasteiger partial charge on any atom is -0.464 e. The van der Waals surface area contributed by atoms with E-state index in [1.165, 1.54) is 13.5 Å². The number of esters is 1. The molecule has 1 fully saturated rings. The number of carbonyl (C=O) groups excluding carboxylic acids is 2. The Bertz CT molecular complexity index is 797. The van der Waals surface area contributed by atoms with Crippen molar-refractivity contribution in [1.29, 1.82) is 0 Å². The predicted octanol–water partition coefficient (Wildman–Crippen LogP) is 3.08. The van der Waals surface area contributed by atoms with Crippen LogP contribution in [0.15, 0.2) is 18.2 Å². The first-order valence-electron chi connectivity index (χ1n) is 8.74. The SMILES string of the molecule is COC(=O)c1[nH]c2cc(C)ccc2c1NC(=O)CN1CCCC[C@H]1C. The number of carbonyl (C=O) groups is 2. The number of hydrogen-bond donors (Lipinski definition) is 2. The van der Waals surface area contributed by atoms with Gasteiger partial charge in [0, 0.05) is 16.9 Å². The minimum absolute atomic E-state index is 0.111. The van der Waals surface area contributed by atoms with Gasteiger partial charge in [0.2, 0.25) is 5.91 Å². The molecule has 0 spiro atoms. The molecular weight excluding hydrogens is 318 g/mol. The minimum atomic E-state index is -0.490. The molecule has 1 amide bonds. The van der Waals surface area contributed by atoms with Crippen molar-refractivity contribution in [3.05, 3.63) is 29.5 Å².